The molecule has 1 aromatic heterocycles. The van der Waals surface area contributed by atoms with Gasteiger partial charge in [0.25, 0.3) is 0 Å². The second-order valence-electron chi connectivity index (χ2n) is 11.7. The van der Waals surface area contributed by atoms with Crippen LogP contribution >= 0.6 is 11.6 Å². The number of rotatable bonds is 11. The van der Waals surface area contributed by atoms with E-state index in [4.69, 9.17) is 16.3 Å². The fourth-order valence-electron chi connectivity index (χ4n) is 6.41. The minimum Gasteiger partial charge on any atom is -0.381 e. The summed E-state index contributed by atoms with van der Waals surface area (Å²) in [5.74, 6) is 2.24. The third kappa shape index (κ3) is 8.26. The molecule has 2 saturated carbocycles. The molecule has 37 heavy (non-hydrogen) atoms. The van der Waals surface area contributed by atoms with Crippen molar-refractivity contribution in [2.45, 2.75) is 71.4 Å². The van der Waals surface area contributed by atoms with E-state index in [2.05, 4.69) is 39.8 Å². The van der Waals surface area contributed by atoms with Crippen LogP contribution in [0.1, 0.15) is 64.4 Å². The first-order valence-corrected chi connectivity index (χ1v) is 14.2. The molecular formula is C29H43ClFN5O. The second kappa shape index (κ2) is 13.2. The summed E-state index contributed by atoms with van der Waals surface area (Å²) >= 11 is 6.24. The van der Waals surface area contributed by atoms with Gasteiger partial charge in [0.2, 0.25) is 5.95 Å². The molecule has 2 aliphatic rings. The fourth-order valence-corrected chi connectivity index (χ4v) is 6.61. The first-order chi connectivity index (χ1) is 17.8. The molecule has 0 aliphatic heterocycles. The normalized spacial score (nSPS) is 28.1. The third-order valence-corrected chi connectivity index (χ3v) is 8.54. The van der Waals surface area contributed by atoms with E-state index in [1.165, 1.54) is 38.3 Å². The van der Waals surface area contributed by atoms with Gasteiger partial charge in [0.15, 0.2) is 11.6 Å². The Hall–Kier alpha value is -1.96. The van der Waals surface area contributed by atoms with E-state index in [0.717, 1.165) is 37.4 Å². The Bertz CT molecular complexity index is 1000. The van der Waals surface area contributed by atoms with Gasteiger partial charge in [-0.15, -0.1) is 0 Å². The van der Waals surface area contributed by atoms with E-state index in [0.29, 0.717) is 42.0 Å². The SMILES string of the molecule is CO[C@H]1CC[C@H](CNC[C@@H]2CC(C)C[C@@](C)(CNc3nc(NCc4ccccc4Cl)ncc3F)C2)CC1. The topological polar surface area (TPSA) is 71.1 Å². The highest BCUT2D eigenvalue weighted by Gasteiger charge is 2.35. The fraction of sp³-hybridized carbons (Fsp3) is 0.655. The molecule has 0 spiro atoms. The zero-order valence-electron chi connectivity index (χ0n) is 22.5. The van der Waals surface area contributed by atoms with Crippen LogP contribution in [0.5, 0.6) is 0 Å². The van der Waals surface area contributed by atoms with E-state index < -0.39 is 5.82 Å². The molecule has 0 amide bonds. The molecule has 2 fully saturated rings. The molecule has 8 heteroatoms. The Balaban J connectivity index is 1.27. The predicted octanol–water partition coefficient (Wildman–Crippen LogP) is 6.53. The molecule has 0 bridgehead atoms. The summed E-state index contributed by atoms with van der Waals surface area (Å²) in [4.78, 5) is 8.52. The molecule has 2 aromatic rings. The zero-order chi connectivity index (χ0) is 26.3. The van der Waals surface area contributed by atoms with Crippen LogP contribution in [-0.4, -0.2) is 42.8 Å². The van der Waals surface area contributed by atoms with Crippen LogP contribution in [0.15, 0.2) is 30.5 Å². The lowest BCUT2D eigenvalue weighted by molar-refractivity contribution is 0.0561. The van der Waals surface area contributed by atoms with Crippen molar-refractivity contribution in [3.05, 3.63) is 46.9 Å². The van der Waals surface area contributed by atoms with Gasteiger partial charge in [-0.2, -0.15) is 4.98 Å². The smallest absolute Gasteiger partial charge is 0.225 e. The lowest BCUT2D eigenvalue weighted by Crippen LogP contribution is -2.40. The van der Waals surface area contributed by atoms with Gasteiger partial charge in [0.1, 0.15) is 0 Å². The highest BCUT2D eigenvalue weighted by atomic mass is 35.5. The highest BCUT2D eigenvalue weighted by molar-refractivity contribution is 6.31. The third-order valence-electron chi connectivity index (χ3n) is 8.17. The molecule has 3 atom stereocenters. The van der Waals surface area contributed by atoms with Crippen LogP contribution in [0.3, 0.4) is 0 Å². The van der Waals surface area contributed by atoms with Crippen LogP contribution in [-0.2, 0) is 11.3 Å². The van der Waals surface area contributed by atoms with Crippen LogP contribution < -0.4 is 16.0 Å². The van der Waals surface area contributed by atoms with Gasteiger partial charge >= 0.3 is 0 Å². The second-order valence-corrected chi connectivity index (χ2v) is 12.1. The van der Waals surface area contributed by atoms with E-state index in [1.54, 1.807) is 0 Å². The summed E-state index contributed by atoms with van der Waals surface area (Å²) < 4.78 is 20.1. The first kappa shape index (κ1) is 28.1. The van der Waals surface area contributed by atoms with Crippen LogP contribution in [0, 0.1) is 29.0 Å². The van der Waals surface area contributed by atoms with E-state index in [-0.39, 0.29) is 11.2 Å². The summed E-state index contributed by atoms with van der Waals surface area (Å²) in [6.45, 7) is 7.99. The van der Waals surface area contributed by atoms with Crippen LogP contribution in [0.25, 0.3) is 0 Å². The van der Waals surface area contributed by atoms with Gasteiger partial charge in [0, 0.05) is 25.2 Å². The average Bonchev–Trinajstić information content (AvgIpc) is 2.88. The molecule has 4 rings (SSSR count). The zero-order valence-corrected chi connectivity index (χ0v) is 23.3. The van der Waals surface area contributed by atoms with Crippen molar-refractivity contribution in [3.63, 3.8) is 0 Å². The number of halogens is 2. The maximum absolute atomic E-state index is 14.6. The summed E-state index contributed by atoms with van der Waals surface area (Å²) in [5.41, 5.74) is 1.03. The minimum absolute atomic E-state index is 0.0864. The lowest BCUT2D eigenvalue weighted by Gasteiger charge is -2.42. The van der Waals surface area contributed by atoms with Crippen molar-refractivity contribution in [3.8, 4) is 0 Å². The Labute approximate surface area is 226 Å². The number of aromatic nitrogens is 2. The average molecular weight is 532 g/mol. The van der Waals surface area contributed by atoms with Crippen molar-refractivity contribution in [2.75, 3.05) is 37.4 Å². The standard InChI is InChI=1S/C29H43ClFN5O/c1-20-12-22(16-32-15-21-8-10-24(37-3)11-9-21)14-29(2,13-20)19-35-27-26(31)18-34-28(36-27)33-17-23-6-4-5-7-25(23)30/h4-7,18,20-22,24,32H,8-17,19H2,1-3H3,(H2,33,34,35,36)/t20?,21-,22-,24-,29-/m1/s1. The number of ether oxygens (including phenoxy) is 1. The summed E-state index contributed by atoms with van der Waals surface area (Å²) in [5, 5.41) is 10.9. The van der Waals surface area contributed by atoms with Crippen molar-refractivity contribution in [2.24, 2.45) is 23.2 Å². The van der Waals surface area contributed by atoms with Crippen molar-refractivity contribution in [1.82, 2.24) is 15.3 Å². The Morgan fingerprint density at radius 2 is 1.84 bits per heavy atom. The van der Waals surface area contributed by atoms with E-state index in [1.807, 2.05) is 31.4 Å². The number of methoxy groups -OCH3 is 1. The highest BCUT2D eigenvalue weighted by Crippen LogP contribution is 2.42. The number of benzene rings is 1. The number of nitrogens with zero attached hydrogens (tertiary/aromatic N) is 2. The molecular weight excluding hydrogens is 489 g/mol. The van der Waals surface area contributed by atoms with Gasteiger partial charge in [-0.3, -0.25) is 0 Å². The largest absolute Gasteiger partial charge is 0.381 e. The van der Waals surface area contributed by atoms with Crippen LogP contribution in [0.2, 0.25) is 5.02 Å². The van der Waals surface area contributed by atoms with Crippen LogP contribution in [0.4, 0.5) is 16.2 Å². The van der Waals surface area contributed by atoms with Gasteiger partial charge in [0.05, 0.1) is 12.3 Å². The molecule has 204 valence electrons. The maximum Gasteiger partial charge on any atom is 0.225 e. The van der Waals surface area contributed by atoms with E-state index in [9.17, 15) is 4.39 Å². The Morgan fingerprint density at radius 3 is 2.59 bits per heavy atom. The number of hydrogen-bond acceptors (Lipinski definition) is 6. The summed E-state index contributed by atoms with van der Waals surface area (Å²) in [6, 6.07) is 7.62. The lowest BCUT2D eigenvalue weighted by atomic mass is 9.67. The first-order valence-electron chi connectivity index (χ1n) is 13.8. The van der Waals surface area contributed by atoms with Crippen molar-refractivity contribution < 1.29 is 9.13 Å². The van der Waals surface area contributed by atoms with Crippen molar-refractivity contribution in [1.29, 1.82) is 0 Å². The maximum atomic E-state index is 14.6. The molecule has 1 heterocycles. The summed E-state index contributed by atoms with van der Waals surface area (Å²) in [7, 11) is 1.83. The summed E-state index contributed by atoms with van der Waals surface area (Å²) in [6.07, 6.45) is 10.1. The number of anilines is 2. The van der Waals surface area contributed by atoms with Gasteiger partial charge in [-0.05, 0) is 92.8 Å². The Kier molecular flexibility index (Phi) is 10.0. The molecule has 6 nitrogen and oxygen atoms in total. The number of nitrogens with one attached hydrogen (secondary N) is 3. The predicted molar refractivity (Wildman–Crippen MR) is 149 cm³/mol. The van der Waals surface area contributed by atoms with Gasteiger partial charge < -0.3 is 20.7 Å². The molecule has 0 radical (unpaired) electrons. The van der Waals surface area contributed by atoms with Gasteiger partial charge in [-0.25, -0.2) is 9.37 Å². The minimum atomic E-state index is -0.433. The molecule has 0 saturated heterocycles. The molecule has 1 unspecified atom stereocenters. The number of hydrogen-bond donors (Lipinski definition) is 3. The van der Waals surface area contributed by atoms with Crippen molar-refractivity contribution >= 4 is 23.4 Å². The Morgan fingerprint density at radius 1 is 1.08 bits per heavy atom. The monoisotopic (exact) mass is 531 g/mol. The van der Waals surface area contributed by atoms with Gasteiger partial charge in [-0.1, -0.05) is 43.6 Å². The molecule has 1 aromatic carbocycles. The molecule has 2 aliphatic carbocycles. The molecule has 3 N–H and O–H groups in total. The quantitative estimate of drug-likeness (QED) is 0.306. The van der Waals surface area contributed by atoms with E-state index >= 15 is 0 Å².